The van der Waals surface area contributed by atoms with Gasteiger partial charge in [-0.15, -0.1) is 0 Å². The van der Waals surface area contributed by atoms with E-state index in [0.29, 0.717) is 11.5 Å². The highest BCUT2D eigenvalue weighted by atomic mass is 16.1. The van der Waals surface area contributed by atoms with Gasteiger partial charge in [0.05, 0.1) is 0 Å². The lowest BCUT2D eigenvalue weighted by Crippen LogP contribution is -2.21. The molecule has 6 nitrogen and oxygen atoms in total. The lowest BCUT2D eigenvalue weighted by molar-refractivity contribution is 1.11. The van der Waals surface area contributed by atoms with Crippen LogP contribution in [-0.4, -0.2) is 9.97 Å². The number of nitrogen functional groups attached to an aromatic ring is 1. The molecule has 2 rings (SSSR count). The number of H-pyrrole nitrogens is 1. The molecule has 0 bridgehead atoms. The molecule has 13 heavy (non-hydrogen) atoms. The molecule has 0 aromatic carbocycles. The number of fused-ring (bicyclic) bond motifs is 1. The Morgan fingerprint density at radius 3 is 3.08 bits per heavy atom. The SMILES string of the molecule is CC1=CNc2nc(N)[nH]c(=O)c2N1. The van der Waals surface area contributed by atoms with Gasteiger partial charge in [-0.1, -0.05) is 0 Å². The summed E-state index contributed by atoms with van der Waals surface area (Å²) in [5.41, 5.74) is 6.34. The molecule has 0 aliphatic carbocycles. The van der Waals surface area contributed by atoms with E-state index in [9.17, 15) is 4.79 Å². The zero-order valence-corrected chi connectivity index (χ0v) is 7.01. The molecule has 0 unspecified atom stereocenters. The van der Waals surface area contributed by atoms with Crippen molar-refractivity contribution >= 4 is 17.5 Å². The summed E-state index contributed by atoms with van der Waals surface area (Å²) in [7, 11) is 0. The van der Waals surface area contributed by atoms with Crippen LogP contribution in [0, 0.1) is 0 Å². The number of anilines is 3. The molecule has 5 N–H and O–H groups in total. The topological polar surface area (TPSA) is 95.8 Å². The van der Waals surface area contributed by atoms with E-state index in [1.54, 1.807) is 6.20 Å². The number of rotatable bonds is 0. The number of allylic oxidation sites excluding steroid dienone is 1. The molecule has 1 aliphatic rings. The molecule has 0 amide bonds. The number of nitrogens with two attached hydrogens (primary N) is 1. The van der Waals surface area contributed by atoms with Gasteiger partial charge in [0.25, 0.3) is 5.56 Å². The molecule has 0 saturated heterocycles. The maximum absolute atomic E-state index is 11.3. The quantitative estimate of drug-likeness (QED) is 0.451. The van der Waals surface area contributed by atoms with Gasteiger partial charge in [-0.25, -0.2) is 0 Å². The predicted octanol–water partition coefficient (Wildman–Crippen LogP) is 0.0508. The highest BCUT2D eigenvalue weighted by Crippen LogP contribution is 2.19. The van der Waals surface area contributed by atoms with E-state index >= 15 is 0 Å². The second kappa shape index (κ2) is 2.51. The minimum atomic E-state index is -0.276. The highest BCUT2D eigenvalue weighted by Gasteiger charge is 2.12. The van der Waals surface area contributed by atoms with Crippen molar-refractivity contribution in [2.45, 2.75) is 6.92 Å². The third-order valence-corrected chi connectivity index (χ3v) is 1.69. The van der Waals surface area contributed by atoms with Crippen LogP contribution in [0.15, 0.2) is 16.7 Å². The summed E-state index contributed by atoms with van der Waals surface area (Å²) in [5, 5.41) is 5.75. The van der Waals surface area contributed by atoms with Gasteiger partial charge in [0, 0.05) is 11.9 Å². The lowest BCUT2D eigenvalue weighted by Gasteiger charge is -2.15. The molecule has 0 radical (unpaired) electrons. The van der Waals surface area contributed by atoms with Gasteiger partial charge in [0.1, 0.15) is 5.69 Å². The zero-order valence-electron chi connectivity index (χ0n) is 7.01. The Bertz CT molecular complexity index is 433. The standard InChI is InChI=1S/C7H9N5O/c1-3-2-9-5-4(10-3)6(13)12-7(8)11-5/h2,10H,1H3,(H4,8,9,11,12,13). The first kappa shape index (κ1) is 7.66. The average Bonchev–Trinajstić information content (AvgIpc) is 2.06. The van der Waals surface area contributed by atoms with Crippen LogP contribution in [0.4, 0.5) is 17.5 Å². The van der Waals surface area contributed by atoms with Crippen molar-refractivity contribution in [3.05, 3.63) is 22.3 Å². The minimum Gasteiger partial charge on any atom is -0.369 e. The van der Waals surface area contributed by atoms with E-state index in [0.717, 1.165) is 5.70 Å². The van der Waals surface area contributed by atoms with Crippen LogP contribution in [-0.2, 0) is 0 Å². The summed E-state index contributed by atoms with van der Waals surface area (Å²) >= 11 is 0. The second-order valence-electron chi connectivity index (χ2n) is 2.77. The van der Waals surface area contributed by atoms with Gasteiger partial charge in [0.15, 0.2) is 5.82 Å². The van der Waals surface area contributed by atoms with Crippen molar-refractivity contribution in [3.63, 3.8) is 0 Å². The van der Waals surface area contributed by atoms with Gasteiger partial charge in [-0.05, 0) is 6.92 Å². The average molecular weight is 179 g/mol. The summed E-state index contributed by atoms with van der Waals surface area (Å²) in [5.74, 6) is 0.554. The molecule has 1 aromatic rings. The number of hydrogen-bond donors (Lipinski definition) is 4. The second-order valence-corrected chi connectivity index (χ2v) is 2.77. The third kappa shape index (κ3) is 1.22. The van der Waals surface area contributed by atoms with E-state index in [2.05, 4.69) is 20.6 Å². The van der Waals surface area contributed by atoms with Crippen molar-refractivity contribution in [3.8, 4) is 0 Å². The molecule has 0 atom stereocenters. The first-order valence-corrected chi connectivity index (χ1v) is 3.77. The van der Waals surface area contributed by atoms with Gasteiger partial charge in [-0.3, -0.25) is 9.78 Å². The Kier molecular flexibility index (Phi) is 1.48. The largest absolute Gasteiger partial charge is 0.369 e. The number of aromatic nitrogens is 2. The fourth-order valence-electron chi connectivity index (χ4n) is 1.12. The summed E-state index contributed by atoms with van der Waals surface area (Å²) in [6, 6.07) is 0. The van der Waals surface area contributed by atoms with E-state index in [1.807, 2.05) is 6.92 Å². The smallest absolute Gasteiger partial charge is 0.278 e. The third-order valence-electron chi connectivity index (χ3n) is 1.69. The van der Waals surface area contributed by atoms with Crippen LogP contribution >= 0.6 is 0 Å². The van der Waals surface area contributed by atoms with Crippen molar-refractivity contribution in [1.29, 1.82) is 0 Å². The van der Waals surface area contributed by atoms with Gasteiger partial charge < -0.3 is 16.4 Å². The van der Waals surface area contributed by atoms with Crippen molar-refractivity contribution in [1.82, 2.24) is 9.97 Å². The molecule has 0 saturated carbocycles. The minimum absolute atomic E-state index is 0.103. The molecule has 1 aromatic heterocycles. The zero-order chi connectivity index (χ0) is 9.42. The molecule has 2 heterocycles. The van der Waals surface area contributed by atoms with Crippen molar-refractivity contribution < 1.29 is 0 Å². The van der Waals surface area contributed by atoms with E-state index in [-0.39, 0.29) is 11.5 Å². The summed E-state index contributed by atoms with van der Waals surface area (Å²) in [4.78, 5) is 17.6. The normalized spacial score (nSPS) is 13.8. The fourth-order valence-corrected chi connectivity index (χ4v) is 1.12. The van der Waals surface area contributed by atoms with Gasteiger partial charge in [-0.2, -0.15) is 4.98 Å². The molecule has 68 valence electrons. The molecular weight excluding hydrogens is 170 g/mol. The van der Waals surface area contributed by atoms with Gasteiger partial charge >= 0.3 is 0 Å². The molecular formula is C7H9N5O. The van der Waals surface area contributed by atoms with E-state index in [1.165, 1.54) is 0 Å². The Labute approximate surface area is 73.9 Å². The first-order valence-electron chi connectivity index (χ1n) is 3.77. The summed E-state index contributed by atoms with van der Waals surface area (Å²) in [6.07, 6.45) is 1.72. The fraction of sp³-hybridized carbons (Fsp3) is 0.143. The van der Waals surface area contributed by atoms with Crippen LogP contribution in [0.1, 0.15) is 6.92 Å². The van der Waals surface area contributed by atoms with Crippen molar-refractivity contribution in [2.24, 2.45) is 0 Å². The van der Waals surface area contributed by atoms with Crippen LogP contribution < -0.4 is 21.9 Å². The Morgan fingerprint density at radius 2 is 2.31 bits per heavy atom. The Morgan fingerprint density at radius 1 is 1.54 bits per heavy atom. The van der Waals surface area contributed by atoms with Crippen molar-refractivity contribution in [2.75, 3.05) is 16.4 Å². The maximum atomic E-state index is 11.3. The van der Waals surface area contributed by atoms with E-state index < -0.39 is 0 Å². The Balaban J connectivity index is 2.59. The summed E-state index contributed by atoms with van der Waals surface area (Å²) < 4.78 is 0. The first-order chi connectivity index (χ1) is 6.16. The van der Waals surface area contributed by atoms with E-state index in [4.69, 9.17) is 5.73 Å². The monoisotopic (exact) mass is 179 g/mol. The highest BCUT2D eigenvalue weighted by molar-refractivity contribution is 5.70. The Hall–Kier alpha value is -1.98. The predicted molar refractivity (Wildman–Crippen MR) is 50.3 cm³/mol. The van der Waals surface area contributed by atoms with Crippen LogP contribution in [0.2, 0.25) is 0 Å². The maximum Gasteiger partial charge on any atom is 0.278 e. The number of aromatic amines is 1. The lowest BCUT2D eigenvalue weighted by atomic mass is 10.3. The number of nitrogens with one attached hydrogen (secondary N) is 3. The summed E-state index contributed by atoms with van der Waals surface area (Å²) in [6.45, 7) is 1.84. The molecule has 6 heteroatoms. The van der Waals surface area contributed by atoms with Crippen LogP contribution in [0.25, 0.3) is 0 Å². The molecule has 0 spiro atoms. The molecule has 0 fully saturated rings. The van der Waals surface area contributed by atoms with Crippen LogP contribution in [0.5, 0.6) is 0 Å². The van der Waals surface area contributed by atoms with Crippen LogP contribution in [0.3, 0.4) is 0 Å². The molecule has 1 aliphatic heterocycles. The van der Waals surface area contributed by atoms with Gasteiger partial charge in [0.2, 0.25) is 5.95 Å². The number of nitrogens with zero attached hydrogens (tertiary/aromatic N) is 1. The number of hydrogen-bond acceptors (Lipinski definition) is 5.